The fourth-order valence-electron chi connectivity index (χ4n) is 8.92. The van der Waals surface area contributed by atoms with Crippen LogP contribution in [0, 0.1) is 28.6 Å². The standard InChI is InChI=1S/C32H43N3O9/c1-30-10-8-20(36)12-18(30)4-5-21-22-9-11-32(42,31(22,2)14-24(37)28(21)30)25(38)16-44-27(40)7-6-26(39)35-23(29(41)43-3)13-19-15-33-17-34-19/h12,15,17,21-24,28,37,42H,4-11,13-14,16H2,1-3H3,(H,33,34)(H,35,39)/t21-,22+,23-,24+,28+,30-,31-,32-/m0/s1. The highest BCUT2D eigenvalue weighted by Crippen LogP contribution is 2.67. The predicted octanol–water partition coefficient (Wildman–Crippen LogP) is 1.74. The van der Waals surface area contributed by atoms with Crippen LogP contribution in [0.15, 0.2) is 24.2 Å². The lowest BCUT2D eigenvalue weighted by molar-refractivity contribution is -0.184. The maximum absolute atomic E-state index is 13.5. The molecule has 44 heavy (non-hydrogen) atoms. The first-order valence-electron chi connectivity index (χ1n) is 15.5. The lowest BCUT2D eigenvalue weighted by Crippen LogP contribution is -2.62. The lowest BCUT2D eigenvalue weighted by Gasteiger charge is -2.60. The molecule has 0 saturated heterocycles. The smallest absolute Gasteiger partial charge is 0.328 e. The number of aromatic nitrogens is 2. The SMILES string of the molecule is COC(=O)[C@H](Cc1cnc[nH]1)NC(=O)CCC(=O)OCC(=O)[C@@]1(O)CC[C@@H]2[C@@H]3CCC4=CC(=O)CC[C@]4(C)[C@H]3[C@H](O)C[C@@]21C. The predicted molar refractivity (Wildman–Crippen MR) is 154 cm³/mol. The van der Waals surface area contributed by atoms with Crippen LogP contribution in [0.3, 0.4) is 0 Å². The first kappa shape index (κ1) is 32.0. The van der Waals surface area contributed by atoms with Crippen LogP contribution in [0.25, 0.3) is 0 Å². The molecule has 12 heteroatoms. The fourth-order valence-corrected chi connectivity index (χ4v) is 8.92. The van der Waals surface area contributed by atoms with E-state index in [2.05, 4.69) is 22.2 Å². The first-order valence-corrected chi connectivity index (χ1v) is 15.5. The zero-order valence-electron chi connectivity index (χ0n) is 25.6. The van der Waals surface area contributed by atoms with Gasteiger partial charge in [0.1, 0.15) is 11.6 Å². The molecule has 1 aromatic heterocycles. The zero-order chi connectivity index (χ0) is 31.9. The van der Waals surface area contributed by atoms with Crippen molar-refractivity contribution in [3.8, 4) is 0 Å². The van der Waals surface area contributed by atoms with Gasteiger partial charge in [0.25, 0.3) is 0 Å². The third-order valence-electron chi connectivity index (χ3n) is 11.2. The Morgan fingerprint density at radius 2 is 1.93 bits per heavy atom. The quantitative estimate of drug-likeness (QED) is 0.283. The minimum atomic E-state index is -1.76. The molecule has 1 heterocycles. The number of aliphatic hydroxyl groups excluding tert-OH is 1. The molecule has 3 fully saturated rings. The molecule has 12 nitrogen and oxygen atoms in total. The van der Waals surface area contributed by atoms with Crippen molar-refractivity contribution in [2.45, 2.75) is 95.8 Å². The van der Waals surface area contributed by atoms with Gasteiger partial charge in [-0.15, -0.1) is 0 Å². The van der Waals surface area contributed by atoms with E-state index in [1.165, 1.54) is 19.6 Å². The number of hydrogen-bond donors (Lipinski definition) is 4. The third-order valence-corrected chi connectivity index (χ3v) is 11.2. The summed E-state index contributed by atoms with van der Waals surface area (Å²) in [6.07, 6.45) is 7.31. The Labute approximate surface area is 256 Å². The number of aromatic amines is 1. The number of rotatable bonds is 10. The molecule has 240 valence electrons. The van der Waals surface area contributed by atoms with E-state index in [0.717, 1.165) is 18.4 Å². The largest absolute Gasteiger partial charge is 0.467 e. The Kier molecular flexibility index (Phi) is 8.87. The second-order valence-corrected chi connectivity index (χ2v) is 13.5. The van der Waals surface area contributed by atoms with Crippen molar-refractivity contribution < 1.29 is 43.7 Å². The molecule has 4 aliphatic rings. The van der Waals surface area contributed by atoms with Crippen molar-refractivity contribution in [3.63, 3.8) is 0 Å². The number of ether oxygens (including phenoxy) is 2. The number of carbonyl (C=O) groups is 5. The van der Waals surface area contributed by atoms with Crippen LogP contribution in [0.2, 0.25) is 0 Å². The number of fused-ring (bicyclic) bond motifs is 5. The van der Waals surface area contributed by atoms with Crippen molar-refractivity contribution in [1.29, 1.82) is 0 Å². The van der Waals surface area contributed by atoms with Crippen molar-refractivity contribution in [3.05, 3.63) is 29.9 Å². The van der Waals surface area contributed by atoms with Gasteiger partial charge in [-0.25, -0.2) is 9.78 Å². The summed E-state index contributed by atoms with van der Waals surface area (Å²) >= 11 is 0. The van der Waals surface area contributed by atoms with Crippen LogP contribution in [0.5, 0.6) is 0 Å². The molecule has 8 atom stereocenters. The second kappa shape index (κ2) is 12.2. The molecule has 0 aromatic carbocycles. The van der Waals surface area contributed by atoms with Crippen LogP contribution in [-0.4, -0.2) is 81.1 Å². The van der Waals surface area contributed by atoms with E-state index < -0.39 is 53.4 Å². The number of Topliss-reactive ketones (excluding diaryl/α,β-unsaturated/α-hetero) is 1. The summed E-state index contributed by atoms with van der Waals surface area (Å²) in [6.45, 7) is 3.38. The molecule has 3 saturated carbocycles. The van der Waals surface area contributed by atoms with Gasteiger partial charge in [0.15, 0.2) is 12.4 Å². The van der Waals surface area contributed by atoms with Crippen LogP contribution in [-0.2, 0) is 39.9 Å². The zero-order valence-corrected chi connectivity index (χ0v) is 25.6. The molecule has 0 spiro atoms. The molecule has 0 radical (unpaired) electrons. The van der Waals surface area contributed by atoms with Crippen molar-refractivity contribution in [2.24, 2.45) is 28.6 Å². The van der Waals surface area contributed by atoms with Gasteiger partial charge < -0.3 is 30.0 Å². The number of methoxy groups -OCH3 is 1. The van der Waals surface area contributed by atoms with Gasteiger partial charge in [0, 0.05) is 36.6 Å². The Hall–Kier alpha value is -3.38. The topological polar surface area (TPSA) is 185 Å². The van der Waals surface area contributed by atoms with E-state index >= 15 is 0 Å². The summed E-state index contributed by atoms with van der Waals surface area (Å²) in [5, 5.41) is 25.9. The highest BCUT2D eigenvalue weighted by molar-refractivity contribution is 5.92. The fraction of sp³-hybridized carbons (Fsp3) is 0.688. The first-order chi connectivity index (χ1) is 20.8. The van der Waals surface area contributed by atoms with E-state index in [9.17, 15) is 34.2 Å². The maximum Gasteiger partial charge on any atom is 0.328 e. The Bertz CT molecular complexity index is 1340. The molecule has 1 amide bonds. The van der Waals surface area contributed by atoms with Crippen molar-refractivity contribution >= 4 is 29.4 Å². The van der Waals surface area contributed by atoms with Crippen molar-refractivity contribution in [2.75, 3.05) is 13.7 Å². The summed E-state index contributed by atoms with van der Waals surface area (Å²) in [7, 11) is 1.21. The number of amides is 1. The van der Waals surface area contributed by atoms with Gasteiger partial charge in [-0.1, -0.05) is 19.4 Å². The Balaban J connectivity index is 1.16. The lowest BCUT2D eigenvalue weighted by atomic mass is 9.45. The molecule has 5 rings (SSSR count). The minimum absolute atomic E-state index is 0.00441. The number of allylic oxidation sites excluding steroid dienone is 1. The average molecular weight is 614 g/mol. The van der Waals surface area contributed by atoms with Gasteiger partial charge in [-0.05, 0) is 67.8 Å². The van der Waals surface area contributed by atoms with E-state index in [1.807, 2.05) is 6.92 Å². The van der Waals surface area contributed by atoms with E-state index in [1.54, 1.807) is 6.08 Å². The number of H-pyrrole nitrogens is 1. The van der Waals surface area contributed by atoms with Crippen LogP contribution in [0.4, 0.5) is 0 Å². The number of ketones is 2. The maximum atomic E-state index is 13.5. The highest BCUT2D eigenvalue weighted by atomic mass is 16.5. The van der Waals surface area contributed by atoms with Gasteiger partial charge in [-0.2, -0.15) is 0 Å². The number of nitrogens with one attached hydrogen (secondary N) is 2. The molecular weight excluding hydrogens is 570 g/mol. The molecule has 4 N–H and O–H groups in total. The summed E-state index contributed by atoms with van der Waals surface area (Å²) < 4.78 is 9.96. The van der Waals surface area contributed by atoms with Gasteiger partial charge in [-0.3, -0.25) is 19.2 Å². The number of hydrogen-bond acceptors (Lipinski definition) is 10. The molecule has 1 aromatic rings. The average Bonchev–Trinajstić information content (AvgIpc) is 3.60. The highest BCUT2D eigenvalue weighted by Gasteiger charge is 2.68. The molecule has 0 aliphatic heterocycles. The van der Waals surface area contributed by atoms with Crippen LogP contribution in [0.1, 0.15) is 77.3 Å². The normalized spacial score (nSPS) is 34.9. The minimum Gasteiger partial charge on any atom is -0.467 e. The summed E-state index contributed by atoms with van der Waals surface area (Å²) in [6, 6.07) is -0.976. The molecular formula is C32H43N3O9. The number of carbonyl (C=O) groups excluding carboxylic acids is 5. The Morgan fingerprint density at radius 3 is 2.64 bits per heavy atom. The van der Waals surface area contributed by atoms with E-state index in [4.69, 9.17) is 9.47 Å². The van der Waals surface area contributed by atoms with Gasteiger partial charge in [0.2, 0.25) is 11.7 Å². The second-order valence-electron chi connectivity index (χ2n) is 13.5. The molecule has 0 bridgehead atoms. The third kappa shape index (κ3) is 5.62. The summed E-state index contributed by atoms with van der Waals surface area (Å²) in [5.41, 5.74) is -1.20. The van der Waals surface area contributed by atoms with Crippen molar-refractivity contribution in [1.82, 2.24) is 15.3 Å². The number of nitrogens with zero attached hydrogens (tertiary/aromatic N) is 1. The Morgan fingerprint density at radius 1 is 1.16 bits per heavy atom. The molecule has 4 aliphatic carbocycles. The summed E-state index contributed by atoms with van der Waals surface area (Å²) in [5.74, 6) is -2.41. The van der Waals surface area contributed by atoms with E-state index in [0.29, 0.717) is 25.0 Å². The number of aliphatic hydroxyl groups is 2. The number of imidazole rings is 1. The van der Waals surface area contributed by atoms with Crippen LogP contribution < -0.4 is 5.32 Å². The monoisotopic (exact) mass is 613 g/mol. The summed E-state index contributed by atoms with van der Waals surface area (Å²) in [4.78, 5) is 69.4. The van der Waals surface area contributed by atoms with Gasteiger partial charge >= 0.3 is 11.9 Å². The number of esters is 2. The van der Waals surface area contributed by atoms with Gasteiger partial charge in [0.05, 0.1) is 26.0 Å². The molecule has 0 unspecified atom stereocenters. The van der Waals surface area contributed by atoms with Crippen LogP contribution >= 0.6 is 0 Å². The van der Waals surface area contributed by atoms with E-state index in [-0.39, 0.29) is 61.1 Å².